The molecule has 4 aromatic carbocycles. The average Bonchev–Trinajstić information content (AvgIpc) is 3.42. The Morgan fingerprint density at radius 2 is 1.16 bits per heavy atom. The molecule has 2 amide bonds. The molecule has 1 unspecified atom stereocenters. The van der Waals surface area contributed by atoms with Crippen molar-refractivity contribution in [3.63, 3.8) is 0 Å². The molecule has 384 valence electrons. The van der Waals surface area contributed by atoms with Gasteiger partial charge in [0.1, 0.15) is 31.5 Å². The van der Waals surface area contributed by atoms with Crippen LogP contribution in [0.25, 0.3) is 0 Å². The number of nitrogens with zero attached hydrogens (tertiary/aromatic N) is 2. The monoisotopic (exact) mass is 992 g/mol. The fourth-order valence-corrected chi connectivity index (χ4v) is 8.58. The van der Waals surface area contributed by atoms with Crippen LogP contribution in [0, 0.1) is 0 Å². The summed E-state index contributed by atoms with van der Waals surface area (Å²) in [5, 5.41) is 10.4. The number of halogens is 6. The van der Waals surface area contributed by atoms with Gasteiger partial charge in [0, 0.05) is 38.5 Å². The Morgan fingerprint density at radius 3 is 1.64 bits per heavy atom. The van der Waals surface area contributed by atoms with Gasteiger partial charge < -0.3 is 57.5 Å². The average molecular weight is 993 g/mol. The highest BCUT2D eigenvalue weighted by atomic mass is 19.4. The highest BCUT2D eigenvalue weighted by Crippen LogP contribution is 2.51. The molecule has 4 aromatic rings. The Balaban J connectivity index is 1.50. The van der Waals surface area contributed by atoms with Gasteiger partial charge in [0.25, 0.3) is 5.60 Å². The standard InChI is InChI=1S/C51H62F6N2O11/c1-62-24-26-65-34-69-46-42(28-36-12-6-4-7-13-36)58(31-38-17-19-39(20-18-38)33-68-45-16-10-11-23-67-45)48(60)59(43(29-37-14-8-5-9-15-37)47(46)70-35-66-27-25-63-2)32-40-21-22-41(30-44(40)64-3)49(61,50(52,53)54)51(55,56)57/h4-9,12-15,17-22,30,42-43,45-47,61H,10-11,16,23-29,31-35H2,1-3H3/t42-,43-,45?,46+,47+/m1/s1. The summed E-state index contributed by atoms with van der Waals surface area (Å²) in [5.74, 6) is -0.441. The van der Waals surface area contributed by atoms with Crippen molar-refractivity contribution in [2.45, 2.75) is 100 Å². The van der Waals surface area contributed by atoms with Gasteiger partial charge in [-0.3, -0.25) is 0 Å². The smallest absolute Gasteiger partial charge is 0.430 e. The van der Waals surface area contributed by atoms with Crippen molar-refractivity contribution in [1.82, 2.24) is 9.80 Å². The normalized spacial score (nSPS) is 20.4. The molecular formula is C51H62F6N2O11. The van der Waals surface area contributed by atoms with Crippen LogP contribution in [0.1, 0.15) is 52.6 Å². The number of urea groups is 1. The number of alkyl halides is 6. The maximum atomic E-state index is 15.9. The maximum Gasteiger partial charge on any atom is 0.430 e. The van der Waals surface area contributed by atoms with Gasteiger partial charge in [-0.05, 0) is 60.4 Å². The van der Waals surface area contributed by atoms with E-state index in [0.29, 0.717) is 25.3 Å². The molecule has 2 saturated heterocycles. The van der Waals surface area contributed by atoms with Crippen LogP contribution in [-0.4, -0.2) is 132 Å². The van der Waals surface area contributed by atoms with Crippen molar-refractivity contribution in [3.8, 4) is 5.75 Å². The summed E-state index contributed by atoms with van der Waals surface area (Å²) < 4.78 is 138. The molecule has 2 heterocycles. The number of amides is 2. The molecule has 0 aromatic heterocycles. The minimum Gasteiger partial charge on any atom is -0.496 e. The molecule has 2 aliphatic rings. The third kappa shape index (κ3) is 14.2. The predicted octanol–water partition coefficient (Wildman–Crippen LogP) is 8.72. The van der Waals surface area contributed by atoms with E-state index in [-0.39, 0.29) is 71.3 Å². The summed E-state index contributed by atoms with van der Waals surface area (Å²) in [5.41, 5.74) is -3.50. The first-order valence-corrected chi connectivity index (χ1v) is 23.0. The highest BCUT2D eigenvalue weighted by Gasteiger charge is 2.71. The lowest BCUT2D eigenvalue weighted by molar-refractivity contribution is -0.376. The Morgan fingerprint density at radius 1 is 0.629 bits per heavy atom. The third-order valence-corrected chi connectivity index (χ3v) is 12.3. The van der Waals surface area contributed by atoms with Crippen LogP contribution in [-0.2, 0) is 76.0 Å². The molecule has 19 heteroatoms. The Labute approximate surface area is 404 Å². The van der Waals surface area contributed by atoms with Crippen molar-refractivity contribution in [2.24, 2.45) is 0 Å². The van der Waals surface area contributed by atoms with E-state index in [2.05, 4.69) is 0 Å². The zero-order chi connectivity index (χ0) is 50.2. The topological polar surface area (TPSA) is 127 Å². The molecule has 0 spiro atoms. The summed E-state index contributed by atoms with van der Waals surface area (Å²) in [6.45, 7) is 0.843. The van der Waals surface area contributed by atoms with Crippen molar-refractivity contribution >= 4 is 6.03 Å². The van der Waals surface area contributed by atoms with Gasteiger partial charge in [-0.1, -0.05) is 97.1 Å². The molecule has 0 saturated carbocycles. The summed E-state index contributed by atoms with van der Waals surface area (Å²) in [6, 6.07) is 25.9. The largest absolute Gasteiger partial charge is 0.496 e. The molecule has 13 nitrogen and oxygen atoms in total. The minimum atomic E-state index is -6.15. The fraction of sp³-hybridized carbons (Fsp3) is 0.510. The Kier molecular flexibility index (Phi) is 20.3. The molecule has 2 aliphatic heterocycles. The number of ether oxygens (including phenoxy) is 9. The van der Waals surface area contributed by atoms with Crippen LogP contribution in [0.5, 0.6) is 5.75 Å². The predicted molar refractivity (Wildman–Crippen MR) is 243 cm³/mol. The number of carbonyl (C=O) groups excluding carboxylic acids is 1. The van der Waals surface area contributed by atoms with Gasteiger partial charge in [0.2, 0.25) is 0 Å². The molecule has 1 N–H and O–H groups in total. The lowest BCUT2D eigenvalue weighted by Gasteiger charge is -2.38. The summed E-state index contributed by atoms with van der Waals surface area (Å²) in [4.78, 5) is 19.1. The fourth-order valence-electron chi connectivity index (χ4n) is 8.58. The van der Waals surface area contributed by atoms with Crippen LogP contribution in [0.4, 0.5) is 31.1 Å². The molecule has 2 fully saturated rings. The summed E-state index contributed by atoms with van der Waals surface area (Å²) in [6.07, 6.45) is -11.5. The SMILES string of the molecule is COCCOCO[C@@H]1[C@@H](OCOCCOC)[C@@H](Cc2ccccc2)N(Cc2ccc(C(O)(C(F)(F)F)C(F)(F)F)cc2OC)C(=O)N(Cc2ccc(COC3CCCCO3)cc2)[C@@H]1Cc1ccccc1. The van der Waals surface area contributed by atoms with Gasteiger partial charge in [0.05, 0.1) is 58.8 Å². The summed E-state index contributed by atoms with van der Waals surface area (Å²) in [7, 11) is 4.13. The van der Waals surface area contributed by atoms with E-state index in [1.54, 1.807) is 4.90 Å². The van der Waals surface area contributed by atoms with E-state index in [1.807, 2.05) is 84.9 Å². The molecule has 6 rings (SSSR count). The first-order chi connectivity index (χ1) is 33.7. The molecule has 0 bridgehead atoms. The second kappa shape index (κ2) is 26.0. The van der Waals surface area contributed by atoms with Crippen LogP contribution in [0.2, 0.25) is 0 Å². The zero-order valence-corrected chi connectivity index (χ0v) is 39.5. The third-order valence-electron chi connectivity index (χ3n) is 12.3. The quantitative estimate of drug-likeness (QED) is 0.0389. The number of hydrogen-bond acceptors (Lipinski definition) is 11. The van der Waals surface area contributed by atoms with Crippen molar-refractivity contribution < 1.29 is 78.9 Å². The van der Waals surface area contributed by atoms with Crippen molar-refractivity contribution in [3.05, 3.63) is 137 Å². The van der Waals surface area contributed by atoms with Gasteiger partial charge in [0.15, 0.2) is 6.29 Å². The molecule has 70 heavy (non-hydrogen) atoms. The van der Waals surface area contributed by atoms with E-state index >= 15 is 4.79 Å². The van der Waals surface area contributed by atoms with Gasteiger partial charge >= 0.3 is 18.4 Å². The lowest BCUT2D eigenvalue weighted by atomic mass is 9.89. The van der Waals surface area contributed by atoms with E-state index in [9.17, 15) is 31.4 Å². The number of rotatable bonds is 25. The lowest BCUT2D eigenvalue weighted by Crippen LogP contribution is -2.54. The van der Waals surface area contributed by atoms with Crippen molar-refractivity contribution in [2.75, 3.05) is 67.9 Å². The zero-order valence-electron chi connectivity index (χ0n) is 39.5. The second-order valence-electron chi connectivity index (χ2n) is 17.0. The van der Waals surface area contributed by atoms with Crippen molar-refractivity contribution in [1.29, 1.82) is 0 Å². The van der Waals surface area contributed by atoms with Crippen LogP contribution >= 0.6 is 0 Å². The number of hydrogen-bond donors (Lipinski definition) is 1. The van der Waals surface area contributed by atoms with Gasteiger partial charge in [-0.15, -0.1) is 0 Å². The van der Waals surface area contributed by atoms with Crippen LogP contribution in [0.3, 0.4) is 0 Å². The second-order valence-corrected chi connectivity index (χ2v) is 17.0. The van der Waals surface area contributed by atoms with Gasteiger partial charge in [-0.2, -0.15) is 26.3 Å². The number of benzene rings is 4. The van der Waals surface area contributed by atoms with E-state index in [1.165, 1.54) is 19.1 Å². The molecule has 0 radical (unpaired) electrons. The van der Waals surface area contributed by atoms with Crippen LogP contribution < -0.4 is 4.74 Å². The summed E-state index contributed by atoms with van der Waals surface area (Å²) >= 11 is 0. The first kappa shape index (κ1) is 54.5. The molecule has 0 aliphatic carbocycles. The number of carbonyl (C=O) groups is 1. The van der Waals surface area contributed by atoms with Gasteiger partial charge in [-0.25, -0.2) is 4.79 Å². The molecular weight excluding hydrogens is 931 g/mol. The highest BCUT2D eigenvalue weighted by molar-refractivity contribution is 5.76. The Hall–Kier alpha value is -4.83. The minimum absolute atomic E-state index is 0.0134. The first-order valence-electron chi connectivity index (χ1n) is 23.0. The van der Waals surface area contributed by atoms with Crippen LogP contribution in [0.15, 0.2) is 103 Å². The Bertz CT molecular complexity index is 2150. The van der Waals surface area contributed by atoms with E-state index in [4.69, 9.17) is 42.6 Å². The maximum absolute atomic E-state index is 15.9. The number of aliphatic hydroxyl groups is 1. The number of methoxy groups -OCH3 is 3. The van der Waals surface area contributed by atoms with E-state index in [0.717, 1.165) is 54.7 Å². The molecule has 5 atom stereocenters. The van der Waals surface area contributed by atoms with E-state index < -0.39 is 66.1 Å².